The number of nitrogens with one attached hydrogen (secondary N) is 1. The van der Waals surface area contributed by atoms with E-state index < -0.39 is 23.7 Å². The van der Waals surface area contributed by atoms with Gasteiger partial charge in [-0.3, -0.25) is 0 Å². The first-order valence-electron chi connectivity index (χ1n) is 13.9. The molecule has 1 heterocycles. The van der Waals surface area contributed by atoms with Crippen molar-refractivity contribution in [1.29, 1.82) is 0 Å². The minimum Gasteiger partial charge on any atom is -0.497 e. The van der Waals surface area contributed by atoms with Gasteiger partial charge in [-0.2, -0.15) is 0 Å². The second kappa shape index (κ2) is 14.7. The van der Waals surface area contributed by atoms with Gasteiger partial charge in [-0.05, 0) is 74.9 Å². The summed E-state index contributed by atoms with van der Waals surface area (Å²) in [6.45, 7) is 5.58. The van der Waals surface area contributed by atoms with Crippen LogP contribution in [0.5, 0.6) is 11.5 Å². The summed E-state index contributed by atoms with van der Waals surface area (Å²) in [7, 11) is 2.93. The van der Waals surface area contributed by atoms with Crippen LogP contribution >= 0.6 is 11.8 Å². The Hall–Kier alpha value is -4.37. The minimum absolute atomic E-state index is 0.236. The Labute approximate surface area is 256 Å². The molecule has 0 aliphatic heterocycles. The zero-order valence-electron chi connectivity index (χ0n) is 25.0. The van der Waals surface area contributed by atoms with Crippen molar-refractivity contribution in [3.8, 4) is 22.8 Å². The highest BCUT2D eigenvalue weighted by molar-refractivity contribution is 7.98. The molecule has 1 atom stereocenters. The summed E-state index contributed by atoms with van der Waals surface area (Å²) >= 11 is 1.73. The molecule has 1 aromatic heterocycles. The summed E-state index contributed by atoms with van der Waals surface area (Å²) in [5, 5.41) is 2.60. The second-order valence-corrected chi connectivity index (χ2v) is 11.8. The van der Waals surface area contributed by atoms with Gasteiger partial charge in [-0.1, -0.05) is 30.3 Å². The fourth-order valence-corrected chi connectivity index (χ4v) is 5.24. The topological polar surface area (TPSA) is 96.2 Å². The van der Waals surface area contributed by atoms with Gasteiger partial charge >= 0.3 is 12.1 Å². The van der Waals surface area contributed by atoms with Gasteiger partial charge < -0.3 is 28.7 Å². The van der Waals surface area contributed by atoms with Crippen LogP contribution in [0.2, 0.25) is 0 Å². The monoisotopic (exact) mass is 603 g/mol. The number of furan rings is 1. The van der Waals surface area contributed by atoms with Crippen LogP contribution in [-0.4, -0.2) is 37.9 Å². The molecule has 0 aliphatic rings. The third kappa shape index (κ3) is 9.31. The minimum atomic E-state index is -0.890. The molecule has 1 amide bonds. The molecule has 9 heteroatoms. The van der Waals surface area contributed by atoms with Crippen LogP contribution in [0.1, 0.15) is 37.5 Å². The van der Waals surface area contributed by atoms with E-state index in [4.69, 9.17) is 23.4 Å². The van der Waals surface area contributed by atoms with Gasteiger partial charge in [-0.15, -0.1) is 11.8 Å². The summed E-state index contributed by atoms with van der Waals surface area (Å²) in [5.74, 6) is 2.39. The number of esters is 1. The number of ether oxygens (including phenoxy) is 4. The molecule has 1 N–H and O–H groups in total. The standard InChI is InChI=1S/C34H37NO7S/c1-34(2,3)42-33(37)35-30(32(36)39-5)19-23-11-15-27(16-12-23)40-20-25-21-41-31(24-13-17-26(38-4)18-14-24)29(25)22-43-28-9-7-6-8-10-28/h6-18,21,30H,19-20,22H2,1-5H3,(H,35,37)/t30-/m0/s1. The number of carbonyl (C=O) groups is 2. The molecule has 0 fully saturated rings. The van der Waals surface area contributed by atoms with E-state index in [0.717, 1.165) is 33.8 Å². The van der Waals surface area contributed by atoms with E-state index in [1.165, 1.54) is 12.0 Å². The van der Waals surface area contributed by atoms with Crippen LogP contribution in [0.25, 0.3) is 11.3 Å². The van der Waals surface area contributed by atoms with Gasteiger partial charge in [0.2, 0.25) is 0 Å². The lowest BCUT2D eigenvalue weighted by molar-refractivity contribution is -0.143. The third-order valence-electron chi connectivity index (χ3n) is 6.39. The summed E-state index contributed by atoms with van der Waals surface area (Å²) in [4.78, 5) is 25.7. The molecule has 226 valence electrons. The number of carbonyl (C=O) groups excluding carboxylic acids is 2. The Morgan fingerprint density at radius 1 is 0.907 bits per heavy atom. The predicted octanol–water partition coefficient (Wildman–Crippen LogP) is 7.44. The van der Waals surface area contributed by atoms with Crippen molar-refractivity contribution in [1.82, 2.24) is 5.32 Å². The zero-order valence-corrected chi connectivity index (χ0v) is 25.9. The second-order valence-electron chi connectivity index (χ2n) is 10.8. The number of amides is 1. The lowest BCUT2D eigenvalue weighted by Gasteiger charge is -2.22. The number of benzene rings is 3. The van der Waals surface area contributed by atoms with Gasteiger partial charge in [0.05, 0.1) is 20.5 Å². The van der Waals surface area contributed by atoms with E-state index >= 15 is 0 Å². The molecule has 4 aromatic rings. The molecule has 0 radical (unpaired) electrons. The van der Waals surface area contributed by atoms with E-state index in [-0.39, 0.29) is 6.42 Å². The molecule has 0 saturated carbocycles. The SMILES string of the molecule is COC(=O)[C@H](Cc1ccc(OCc2coc(-c3ccc(OC)cc3)c2CSc2ccccc2)cc1)NC(=O)OC(C)(C)C. The van der Waals surface area contributed by atoms with Crippen molar-refractivity contribution in [3.63, 3.8) is 0 Å². The molecule has 4 rings (SSSR count). The van der Waals surface area contributed by atoms with Crippen molar-refractivity contribution in [3.05, 3.63) is 102 Å². The molecule has 0 aliphatic carbocycles. The largest absolute Gasteiger partial charge is 0.497 e. The highest BCUT2D eigenvalue weighted by Gasteiger charge is 2.25. The third-order valence-corrected chi connectivity index (χ3v) is 7.43. The number of thioether (sulfide) groups is 1. The van der Waals surface area contributed by atoms with Crippen molar-refractivity contribution in [2.45, 2.75) is 56.1 Å². The lowest BCUT2D eigenvalue weighted by atomic mass is 10.1. The first-order chi connectivity index (χ1) is 20.6. The molecule has 43 heavy (non-hydrogen) atoms. The first-order valence-corrected chi connectivity index (χ1v) is 14.8. The predicted molar refractivity (Wildman–Crippen MR) is 166 cm³/mol. The number of alkyl carbamates (subject to hydrolysis) is 1. The van der Waals surface area contributed by atoms with Gasteiger partial charge in [0.15, 0.2) is 0 Å². The van der Waals surface area contributed by atoms with Crippen LogP contribution < -0.4 is 14.8 Å². The molecule has 3 aromatic carbocycles. The van der Waals surface area contributed by atoms with Gasteiger partial charge in [0.1, 0.15) is 35.5 Å². The number of hydrogen-bond acceptors (Lipinski definition) is 8. The van der Waals surface area contributed by atoms with Crippen molar-refractivity contribution < 1.29 is 33.0 Å². The highest BCUT2D eigenvalue weighted by atomic mass is 32.2. The highest BCUT2D eigenvalue weighted by Crippen LogP contribution is 2.35. The van der Waals surface area contributed by atoms with Gasteiger partial charge in [0.25, 0.3) is 0 Å². The first kappa shape index (κ1) is 31.6. The van der Waals surface area contributed by atoms with Crippen LogP contribution in [-0.2, 0) is 33.0 Å². The quantitative estimate of drug-likeness (QED) is 0.132. The Morgan fingerprint density at radius 2 is 1.58 bits per heavy atom. The molecule has 0 bridgehead atoms. The maximum atomic E-state index is 12.3. The number of rotatable bonds is 12. The normalized spacial score (nSPS) is 11.8. The molecule has 0 saturated heterocycles. The van der Waals surface area contributed by atoms with E-state index in [2.05, 4.69) is 17.4 Å². The Balaban J connectivity index is 1.45. The van der Waals surface area contributed by atoms with E-state index in [9.17, 15) is 9.59 Å². The zero-order chi connectivity index (χ0) is 30.8. The fraction of sp³-hybridized carbons (Fsp3) is 0.294. The molecular weight excluding hydrogens is 566 g/mol. The van der Waals surface area contributed by atoms with Crippen LogP contribution in [0.15, 0.2) is 94.4 Å². The molecule has 0 unspecified atom stereocenters. The van der Waals surface area contributed by atoms with Gasteiger partial charge in [-0.25, -0.2) is 9.59 Å². The maximum absolute atomic E-state index is 12.3. The number of hydrogen-bond donors (Lipinski definition) is 1. The van der Waals surface area contributed by atoms with Crippen LogP contribution in [0.4, 0.5) is 4.79 Å². The summed E-state index contributed by atoms with van der Waals surface area (Å²) in [6.07, 6.45) is 1.30. The Morgan fingerprint density at radius 3 is 2.21 bits per heavy atom. The van der Waals surface area contributed by atoms with E-state index in [0.29, 0.717) is 18.1 Å². The Bertz CT molecular complexity index is 1480. The van der Waals surface area contributed by atoms with Crippen molar-refractivity contribution in [2.75, 3.05) is 14.2 Å². The Kier molecular flexibility index (Phi) is 10.8. The molecular formula is C34H37NO7S. The smallest absolute Gasteiger partial charge is 0.408 e. The van der Waals surface area contributed by atoms with Crippen molar-refractivity contribution in [2.24, 2.45) is 0 Å². The average molecular weight is 604 g/mol. The average Bonchev–Trinajstić information content (AvgIpc) is 3.41. The summed E-state index contributed by atoms with van der Waals surface area (Å²) < 4.78 is 27.7. The fourth-order valence-electron chi connectivity index (χ4n) is 4.26. The summed E-state index contributed by atoms with van der Waals surface area (Å²) in [6, 6.07) is 24.5. The number of methoxy groups -OCH3 is 2. The lowest BCUT2D eigenvalue weighted by Crippen LogP contribution is -2.45. The molecule has 8 nitrogen and oxygen atoms in total. The maximum Gasteiger partial charge on any atom is 0.408 e. The van der Waals surface area contributed by atoms with E-state index in [1.807, 2.05) is 66.7 Å². The van der Waals surface area contributed by atoms with E-state index in [1.54, 1.807) is 45.9 Å². The summed E-state index contributed by atoms with van der Waals surface area (Å²) in [5.41, 5.74) is 3.10. The van der Waals surface area contributed by atoms with Crippen molar-refractivity contribution >= 4 is 23.8 Å². The molecule has 0 spiro atoms. The van der Waals surface area contributed by atoms with Crippen LogP contribution in [0.3, 0.4) is 0 Å². The van der Waals surface area contributed by atoms with Gasteiger partial charge in [0, 0.05) is 33.8 Å². The van der Waals surface area contributed by atoms with Crippen LogP contribution in [0, 0.1) is 0 Å².